The molecule has 0 radical (unpaired) electrons. The molecule has 0 aromatic heterocycles. The van der Waals surface area contributed by atoms with Crippen LogP contribution in [0.1, 0.15) is 33.1 Å². The highest BCUT2D eigenvalue weighted by molar-refractivity contribution is 14.0. The zero-order valence-electron chi connectivity index (χ0n) is 16.6. The summed E-state index contributed by atoms with van der Waals surface area (Å²) in [6.07, 6.45) is 3.59. The number of aliphatic imine (C=N–C) groups is 1. The van der Waals surface area contributed by atoms with Crippen molar-refractivity contribution in [1.29, 1.82) is 0 Å². The fraction of sp³-hybridized carbons (Fsp3) is 0.889. The van der Waals surface area contributed by atoms with Crippen molar-refractivity contribution in [3.8, 4) is 0 Å². The number of nitrogens with zero attached hydrogens (tertiary/aromatic N) is 4. The van der Waals surface area contributed by atoms with Gasteiger partial charge in [0.25, 0.3) is 0 Å². The second-order valence-electron chi connectivity index (χ2n) is 7.02. The molecular weight excluding hydrogens is 445 g/mol. The number of guanidine groups is 1. The lowest BCUT2D eigenvalue weighted by atomic mass is 9.99. The summed E-state index contributed by atoms with van der Waals surface area (Å²) in [7, 11) is 1.83. The molecule has 0 atom stereocenters. The van der Waals surface area contributed by atoms with Crippen LogP contribution >= 0.6 is 24.0 Å². The SMILES string of the molecule is CCOC(=O)N1CCN(C(=NC)NCCCN2CCC(C)CC2)CC1.I. The quantitative estimate of drug-likeness (QED) is 0.282. The van der Waals surface area contributed by atoms with Gasteiger partial charge < -0.3 is 24.8 Å². The highest BCUT2D eigenvalue weighted by Crippen LogP contribution is 2.15. The van der Waals surface area contributed by atoms with Crippen LogP contribution in [0, 0.1) is 5.92 Å². The molecule has 1 amide bonds. The minimum absolute atomic E-state index is 0. The minimum atomic E-state index is -0.207. The predicted molar refractivity (Wildman–Crippen MR) is 116 cm³/mol. The fourth-order valence-electron chi connectivity index (χ4n) is 3.44. The Balaban J connectivity index is 0.00000338. The largest absolute Gasteiger partial charge is 0.450 e. The van der Waals surface area contributed by atoms with Crippen LogP contribution in [-0.2, 0) is 4.74 Å². The molecule has 8 heteroatoms. The summed E-state index contributed by atoms with van der Waals surface area (Å²) in [6.45, 7) is 12.2. The Morgan fingerprint density at radius 1 is 1.12 bits per heavy atom. The Kier molecular flexibility index (Phi) is 11.3. The van der Waals surface area contributed by atoms with Crippen molar-refractivity contribution < 1.29 is 9.53 Å². The number of carbonyl (C=O) groups is 1. The molecule has 152 valence electrons. The third kappa shape index (κ3) is 7.46. The van der Waals surface area contributed by atoms with Gasteiger partial charge in [0.1, 0.15) is 0 Å². The zero-order valence-corrected chi connectivity index (χ0v) is 18.9. The number of rotatable bonds is 5. The maximum atomic E-state index is 11.8. The number of piperazine rings is 1. The summed E-state index contributed by atoms with van der Waals surface area (Å²) >= 11 is 0. The van der Waals surface area contributed by atoms with Crippen LogP contribution in [0.2, 0.25) is 0 Å². The Morgan fingerprint density at radius 2 is 1.73 bits per heavy atom. The number of hydrogen-bond donors (Lipinski definition) is 1. The first-order valence-corrected chi connectivity index (χ1v) is 9.73. The van der Waals surface area contributed by atoms with Crippen molar-refractivity contribution in [1.82, 2.24) is 20.0 Å². The molecule has 26 heavy (non-hydrogen) atoms. The summed E-state index contributed by atoms with van der Waals surface area (Å²) in [6, 6.07) is 0. The lowest BCUT2D eigenvalue weighted by Crippen LogP contribution is -2.54. The maximum absolute atomic E-state index is 11.8. The van der Waals surface area contributed by atoms with Gasteiger partial charge in [-0.15, -0.1) is 24.0 Å². The van der Waals surface area contributed by atoms with E-state index in [4.69, 9.17) is 4.74 Å². The zero-order chi connectivity index (χ0) is 18.1. The van der Waals surface area contributed by atoms with Gasteiger partial charge >= 0.3 is 6.09 Å². The normalized spacial score (nSPS) is 19.9. The molecule has 0 aromatic carbocycles. The smallest absolute Gasteiger partial charge is 0.409 e. The molecule has 2 saturated heterocycles. The third-order valence-corrected chi connectivity index (χ3v) is 5.13. The molecule has 2 rings (SSSR count). The number of piperidine rings is 1. The lowest BCUT2D eigenvalue weighted by Gasteiger charge is -2.36. The first-order chi connectivity index (χ1) is 12.1. The molecule has 0 aliphatic carbocycles. The third-order valence-electron chi connectivity index (χ3n) is 5.13. The van der Waals surface area contributed by atoms with Crippen molar-refractivity contribution in [3.05, 3.63) is 0 Å². The van der Waals surface area contributed by atoms with Gasteiger partial charge in [-0.25, -0.2) is 4.79 Å². The number of nitrogens with one attached hydrogen (secondary N) is 1. The van der Waals surface area contributed by atoms with Gasteiger partial charge in [-0.3, -0.25) is 4.99 Å². The van der Waals surface area contributed by atoms with Crippen LogP contribution in [0.3, 0.4) is 0 Å². The van der Waals surface area contributed by atoms with Crippen molar-refractivity contribution in [3.63, 3.8) is 0 Å². The van der Waals surface area contributed by atoms with E-state index in [0.717, 1.165) is 44.5 Å². The molecular formula is C18H36IN5O2. The Hall–Kier alpha value is -0.770. The van der Waals surface area contributed by atoms with Crippen LogP contribution in [0.15, 0.2) is 4.99 Å². The monoisotopic (exact) mass is 481 g/mol. The standard InChI is InChI=1S/C18H35N5O2.HI/c1-4-25-18(24)23-14-12-22(13-15-23)17(19-3)20-8-5-9-21-10-6-16(2)7-11-21;/h16H,4-15H2,1-3H3,(H,19,20);1H. The molecule has 0 bridgehead atoms. The van der Waals surface area contributed by atoms with Crippen molar-refractivity contribution in [2.24, 2.45) is 10.9 Å². The van der Waals surface area contributed by atoms with Gasteiger partial charge in [0.2, 0.25) is 0 Å². The van der Waals surface area contributed by atoms with E-state index < -0.39 is 0 Å². The van der Waals surface area contributed by atoms with Crippen LogP contribution in [0.4, 0.5) is 4.79 Å². The molecule has 0 spiro atoms. The van der Waals surface area contributed by atoms with Gasteiger partial charge in [-0.05, 0) is 51.7 Å². The average molecular weight is 481 g/mol. The number of likely N-dealkylation sites (tertiary alicyclic amines) is 1. The van der Waals surface area contributed by atoms with Crippen molar-refractivity contribution >= 4 is 36.0 Å². The first-order valence-electron chi connectivity index (χ1n) is 9.73. The number of carbonyl (C=O) groups excluding carboxylic acids is 1. The van der Waals surface area contributed by atoms with Crippen LogP contribution in [-0.4, -0.2) is 92.8 Å². The van der Waals surface area contributed by atoms with Gasteiger partial charge in [0, 0.05) is 39.8 Å². The summed E-state index contributed by atoms with van der Waals surface area (Å²) in [4.78, 5) is 22.7. The molecule has 0 unspecified atom stereocenters. The van der Waals surface area contributed by atoms with E-state index in [1.807, 2.05) is 14.0 Å². The van der Waals surface area contributed by atoms with Gasteiger partial charge in [0.15, 0.2) is 5.96 Å². The molecule has 2 aliphatic heterocycles. The first kappa shape index (κ1) is 23.3. The van der Waals surface area contributed by atoms with Gasteiger partial charge in [0.05, 0.1) is 6.61 Å². The summed E-state index contributed by atoms with van der Waals surface area (Å²) in [5.41, 5.74) is 0. The Morgan fingerprint density at radius 3 is 2.31 bits per heavy atom. The maximum Gasteiger partial charge on any atom is 0.409 e. The van der Waals surface area contributed by atoms with E-state index in [1.54, 1.807) is 4.90 Å². The molecule has 2 aliphatic rings. The van der Waals surface area contributed by atoms with Gasteiger partial charge in [-0.2, -0.15) is 0 Å². The lowest BCUT2D eigenvalue weighted by molar-refractivity contribution is 0.0914. The summed E-state index contributed by atoms with van der Waals surface area (Å²) < 4.78 is 5.07. The minimum Gasteiger partial charge on any atom is -0.450 e. The molecule has 0 saturated carbocycles. The average Bonchev–Trinajstić information content (AvgIpc) is 2.64. The second-order valence-corrected chi connectivity index (χ2v) is 7.02. The van der Waals surface area contributed by atoms with E-state index in [1.165, 1.54) is 25.9 Å². The summed E-state index contributed by atoms with van der Waals surface area (Å²) in [5, 5.41) is 3.47. The topological polar surface area (TPSA) is 60.4 Å². The molecule has 1 N–H and O–H groups in total. The summed E-state index contributed by atoms with van der Waals surface area (Å²) in [5.74, 6) is 1.83. The van der Waals surface area contributed by atoms with Crippen LogP contribution < -0.4 is 5.32 Å². The Bertz CT molecular complexity index is 433. The van der Waals surface area contributed by atoms with E-state index in [9.17, 15) is 4.79 Å². The van der Waals surface area contributed by atoms with Gasteiger partial charge in [-0.1, -0.05) is 6.92 Å². The number of amides is 1. The van der Waals surface area contributed by atoms with Crippen molar-refractivity contribution in [2.45, 2.75) is 33.1 Å². The van der Waals surface area contributed by atoms with E-state index >= 15 is 0 Å². The van der Waals surface area contributed by atoms with Crippen LogP contribution in [0.5, 0.6) is 0 Å². The number of hydrogen-bond acceptors (Lipinski definition) is 4. The highest BCUT2D eigenvalue weighted by Gasteiger charge is 2.23. The van der Waals surface area contributed by atoms with Crippen molar-refractivity contribution in [2.75, 3.05) is 66.0 Å². The Labute approximate surface area is 175 Å². The van der Waals surface area contributed by atoms with E-state index in [2.05, 4.69) is 27.0 Å². The number of ether oxygens (including phenoxy) is 1. The predicted octanol–water partition coefficient (Wildman–Crippen LogP) is 2.08. The number of halogens is 1. The van der Waals surface area contributed by atoms with Crippen LogP contribution in [0.25, 0.3) is 0 Å². The van der Waals surface area contributed by atoms with E-state index in [0.29, 0.717) is 19.7 Å². The molecule has 7 nitrogen and oxygen atoms in total. The molecule has 2 fully saturated rings. The molecule has 2 heterocycles. The van der Waals surface area contributed by atoms with E-state index in [-0.39, 0.29) is 30.1 Å². The molecule has 0 aromatic rings. The second kappa shape index (κ2) is 12.6. The highest BCUT2D eigenvalue weighted by atomic mass is 127. The fourth-order valence-corrected chi connectivity index (χ4v) is 3.44.